The SMILES string of the molecule is CN(C)c1ccc(-n2nc(N)c3c(-c4ccc(Oc5ccccc5)cc4)nccc32)cc1. The maximum atomic E-state index is 6.36. The predicted octanol–water partition coefficient (Wildman–Crippen LogP) is 5.53. The number of para-hydroxylation sites is 1. The molecule has 2 N–H and O–H groups in total. The highest BCUT2D eigenvalue weighted by molar-refractivity contribution is 6.00. The van der Waals surface area contributed by atoms with Crippen molar-refractivity contribution >= 4 is 22.4 Å². The van der Waals surface area contributed by atoms with Crippen molar-refractivity contribution in [2.45, 2.75) is 0 Å². The molecule has 0 unspecified atom stereocenters. The van der Waals surface area contributed by atoms with Gasteiger partial charge in [-0.3, -0.25) is 4.98 Å². The maximum Gasteiger partial charge on any atom is 0.156 e. The summed E-state index contributed by atoms with van der Waals surface area (Å²) in [6.45, 7) is 0. The Kier molecular flexibility index (Phi) is 4.95. The second-order valence-corrected chi connectivity index (χ2v) is 7.70. The number of fused-ring (bicyclic) bond motifs is 1. The van der Waals surface area contributed by atoms with E-state index in [0.717, 1.165) is 45.0 Å². The van der Waals surface area contributed by atoms with Gasteiger partial charge in [-0.15, -0.1) is 5.10 Å². The van der Waals surface area contributed by atoms with E-state index in [0.29, 0.717) is 5.82 Å². The zero-order valence-electron chi connectivity index (χ0n) is 17.9. The molecule has 5 aromatic rings. The van der Waals surface area contributed by atoms with E-state index in [1.165, 1.54) is 0 Å². The molecule has 6 heteroatoms. The van der Waals surface area contributed by atoms with E-state index in [1.54, 1.807) is 6.20 Å². The molecule has 0 spiro atoms. The van der Waals surface area contributed by atoms with E-state index in [9.17, 15) is 0 Å². The molecule has 2 heterocycles. The Morgan fingerprint density at radius 3 is 2.19 bits per heavy atom. The molecular formula is C26H23N5O. The van der Waals surface area contributed by atoms with Crippen molar-refractivity contribution in [3.63, 3.8) is 0 Å². The van der Waals surface area contributed by atoms with Gasteiger partial charge in [0.1, 0.15) is 11.5 Å². The number of nitrogens with zero attached hydrogens (tertiary/aromatic N) is 4. The number of ether oxygens (including phenoxy) is 1. The summed E-state index contributed by atoms with van der Waals surface area (Å²) in [6.07, 6.45) is 1.79. The molecule has 0 bridgehead atoms. The maximum absolute atomic E-state index is 6.36. The van der Waals surface area contributed by atoms with Crippen LogP contribution in [0.3, 0.4) is 0 Å². The molecule has 0 amide bonds. The van der Waals surface area contributed by atoms with E-state index >= 15 is 0 Å². The van der Waals surface area contributed by atoms with Gasteiger partial charge in [-0.25, -0.2) is 4.68 Å². The van der Waals surface area contributed by atoms with Crippen LogP contribution in [0.15, 0.2) is 91.1 Å². The largest absolute Gasteiger partial charge is 0.457 e. The van der Waals surface area contributed by atoms with Crippen molar-refractivity contribution in [3.05, 3.63) is 91.1 Å². The molecular weight excluding hydrogens is 398 g/mol. The summed E-state index contributed by atoms with van der Waals surface area (Å²) in [6, 6.07) is 27.7. The van der Waals surface area contributed by atoms with Gasteiger partial charge in [0.2, 0.25) is 0 Å². The van der Waals surface area contributed by atoms with E-state index in [-0.39, 0.29) is 0 Å². The second kappa shape index (κ2) is 8.07. The van der Waals surface area contributed by atoms with Crippen LogP contribution in [0.5, 0.6) is 11.5 Å². The first-order chi connectivity index (χ1) is 15.6. The first-order valence-electron chi connectivity index (χ1n) is 10.3. The minimum atomic E-state index is 0.449. The lowest BCUT2D eigenvalue weighted by atomic mass is 10.1. The fourth-order valence-corrected chi connectivity index (χ4v) is 3.71. The van der Waals surface area contributed by atoms with E-state index in [4.69, 9.17) is 10.5 Å². The highest BCUT2D eigenvalue weighted by Crippen LogP contribution is 2.33. The topological polar surface area (TPSA) is 69.2 Å². The van der Waals surface area contributed by atoms with Crippen molar-refractivity contribution in [1.29, 1.82) is 0 Å². The number of hydrogen-bond acceptors (Lipinski definition) is 5. The molecule has 6 nitrogen and oxygen atoms in total. The molecule has 0 saturated heterocycles. The monoisotopic (exact) mass is 421 g/mol. The van der Waals surface area contributed by atoms with Crippen LogP contribution in [-0.4, -0.2) is 28.9 Å². The molecule has 158 valence electrons. The smallest absolute Gasteiger partial charge is 0.156 e. The second-order valence-electron chi connectivity index (χ2n) is 7.70. The molecule has 5 rings (SSSR count). The average molecular weight is 422 g/mol. The van der Waals surface area contributed by atoms with Crippen molar-refractivity contribution in [1.82, 2.24) is 14.8 Å². The van der Waals surface area contributed by atoms with Crippen molar-refractivity contribution in [2.75, 3.05) is 24.7 Å². The Balaban J connectivity index is 1.51. The van der Waals surface area contributed by atoms with Crippen LogP contribution in [-0.2, 0) is 0 Å². The number of nitrogen functional groups attached to an aromatic ring is 1. The number of nitrogens with two attached hydrogens (primary N) is 1. The van der Waals surface area contributed by atoms with Gasteiger partial charge in [0.25, 0.3) is 0 Å². The van der Waals surface area contributed by atoms with Gasteiger partial charge in [-0.1, -0.05) is 18.2 Å². The van der Waals surface area contributed by atoms with Crippen LogP contribution in [0.25, 0.3) is 27.8 Å². The van der Waals surface area contributed by atoms with Crippen LogP contribution in [0.1, 0.15) is 0 Å². The number of hydrogen-bond donors (Lipinski definition) is 1. The molecule has 0 atom stereocenters. The van der Waals surface area contributed by atoms with Crippen molar-refractivity contribution in [3.8, 4) is 28.4 Å². The number of aromatic nitrogens is 3. The molecule has 0 aliphatic rings. The van der Waals surface area contributed by atoms with Crippen LogP contribution < -0.4 is 15.4 Å². The minimum absolute atomic E-state index is 0.449. The molecule has 0 aliphatic carbocycles. The zero-order valence-corrected chi connectivity index (χ0v) is 17.9. The zero-order chi connectivity index (χ0) is 22.1. The molecule has 0 saturated carbocycles. The summed E-state index contributed by atoms with van der Waals surface area (Å²) in [7, 11) is 4.04. The Hall–Kier alpha value is -4.32. The Morgan fingerprint density at radius 1 is 0.812 bits per heavy atom. The van der Waals surface area contributed by atoms with Crippen LogP contribution in [0, 0.1) is 0 Å². The van der Waals surface area contributed by atoms with Gasteiger partial charge in [0, 0.05) is 31.5 Å². The first-order valence-corrected chi connectivity index (χ1v) is 10.3. The molecule has 2 aromatic heterocycles. The van der Waals surface area contributed by atoms with E-state index in [2.05, 4.69) is 27.1 Å². The van der Waals surface area contributed by atoms with Crippen molar-refractivity contribution in [2.24, 2.45) is 0 Å². The van der Waals surface area contributed by atoms with Gasteiger partial charge in [0.05, 0.1) is 22.3 Å². The van der Waals surface area contributed by atoms with Crippen LogP contribution in [0.4, 0.5) is 11.5 Å². The summed E-state index contributed by atoms with van der Waals surface area (Å²) in [5, 5.41) is 5.44. The number of anilines is 2. The lowest BCUT2D eigenvalue weighted by Gasteiger charge is -2.13. The standard InChI is InChI=1S/C26H23N5O/c1-30(2)19-10-12-20(13-11-19)31-23-16-17-28-25(24(23)26(27)29-31)18-8-14-22(15-9-18)32-21-6-4-3-5-7-21/h3-17H,1-2H3,(H2,27,29). The molecule has 0 radical (unpaired) electrons. The van der Waals surface area contributed by atoms with Gasteiger partial charge in [-0.05, 0) is 66.7 Å². The third-order valence-electron chi connectivity index (χ3n) is 5.34. The number of pyridine rings is 1. The Morgan fingerprint density at radius 2 is 1.50 bits per heavy atom. The number of benzene rings is 3. The van der Waals surface area contributed by atoms with Gasteiger partial charge < -0.3 is 15.4 Å². The lowest BCUT2D eigenvalue weighted by molar-refractivity contribution is 0.483. The van der Waals surface area contributed by atoms with E-state index < -0.39 is 0 Å². The van der Waals surface area contributed by atoms with Gasteiger partial charge in [-0.2, -0.15) is 0 Å². The average Bonchev–Trinajstić information content (AvgIpc) is 3.17. The van der Waals surface area contributed by atoms with Crippen molar-refractivity contribution < 1.29 is 4.74 Å². The normalized spacial score (nSPS) is 10.9. The molecule has 0 fully saturated rings. The third kappa shape index (κ3) is 3.63. The third-order valence-corrected chi connectivity index (χ3v) is 5.34. The molecule has 32 heavy (non-hydrogen) atoms. The van der Waals surface area contributed by atoms with E-state index in [1.807, 2.05) is 91.6 Å². The fourth-order valence-electron chi connectivity index (χ4n) is 3.71. The summed E-state index contributed by atoms with van der Waals surface area (Å²) in [4.78, 5) is 6.68. The Labute approximate surface area is 186 Å². The lowest BCUT2D eigenvalue weighted by Crippen LogP contribution is -2.08. The quantitative estimate of drug-likeness (QED) is 0.404. The first kappa shape index (κ1) is 19.6. The van der Waals surface area contributed by atoms with Crippen LogP contribution in [0.2, 0.25) is 0 Å². The highest BCUT2D eigenvalue weighted by Gasteiger charge is 2.16. The predicted molar refractivity (Wildman–Crippen MR) is 130 cm³/mol. The van der Waals surface area contributed by atoms with Gasteiger partial charge in [0.15, 0.2) is 5.82 Å². The fraction of sp³-hybridized carbons (Fsp3) is 0.0769. The summed E-state index contributed by atoms with van der Waals surface area (Å²) in [5.74, 6) is 2.01. The molecule has 0 aliphatic heterocycles. The Bertz CT molecular complexity index is 1360. The number of rotatable bonds is 5. The van der Waals surface area contributed by atoms with Gasteiger partial charge >= 0.3 is 0 Å². The molecule has 3 aromatic carbocycles. The minimum Gasteiger partial charge on any atom is -0.457 e. The van der Waals surface area contributed by atoms with Crippen LogP contribution >= 0.6 is 0 Å². The highest BCUT2D eigenvalue weighted by atomic mass is 16.5. The summed E-state index contributed by atoms with van der Waals surface area (Å²) >= 11 is 0. The summed E-state index contributed by atoms with van der Waals surface area (Å²) < 4.78 is 7.77. The summed E-state index contributed by atoms with van der Waals surface area (Å²) in [5.41, 5.74) is 11.1.